The fourth-order valence-electron chi connectivity index (χ4n) is 1.63. The molecule has 0 unspecified atom stereocenters. The molecule has 2 aromatic carbocycles. The van der Waals surface area contributed by atoms with Gasteiger partial charge in [-0.3, -0.25) is 4.79 Å². The smallest absolute Gasteiger partial charge is 0.338 e. The van der Waals surface area contributed by atoms with Crippen LogP contribution in [0.3, 0.4) is 0 Å². The van der Waals surface area contributed by atoms with Crippen LogP contribution in [0.1, 0.15) is 10.4 Å². The van der Waals surface area contributed by atoms with Gasteiger partial charge in [-0.25, -0.2) is 13.6 Å². The summed E-state index contributed by atoms with van der Waals surface area (Å²) in [5.74, 6) is -3.93. The van der Waals surface area contributed by atoms with Gasteiger partial charge < -0.3 is 10.1 Å². The number of anilines is 1. The van der Waals surface area contributed by atoms with Crippen molar-refractivity contribution >= 4 is 40.8 Å². The van der Waals surface area contributed by atoms with E-state index in [-0.39, 0.29) is 21.3 Å². The Labute approximate surface area is 140 Å². The largest absolute Gasteiger partial charge is 0.452 e. The lowest BCUT2D eigenvalue weighted by molar-refractivity contribution is -0.119. The number of benzene rings is 2. The number of amides is 1. The maximum Gasteiger partial charge on any atom is 0.338 e. The lowest BCUT2D eigenvalue weighted by atomic mass is 10.2. The molecule has 0 aliphatic rings. The Balaban J connectivity index is 1.96. The molecule has 0 fully saturated rings. The molecule has 0 aliphatic carbocycles. The van der Waals surface area contributed by atoms with E-state index < -0.39 is 30.1 Å². The first-order valence-electron chi connectivity index (χ1n) is 6.24. The van der Waals surface area contributed by atoms with E-state index in [1.54, 1.807) is 6.07 Å². The molecule has 8 heteroatoms. The van der Waals surface area contributed by atoms with Crippen LogP contribution in [0, 0.1) is 11.6 Å². The van der Waals surface area contributed by atoms with Crippen molar-refractivity contribution in [2.75, 3.05) is 11.9 Å². The molecule has 4 nitrogen and oxygen atoms in total. The van der Waals surface area contributed by atoms with Crippen molar-refractivity contribution in [1.29, 1.82) is 0 Å². The van der Waals surface area contributed by atoms with E-state index >= 15 is 0 Å². The molecule has 1 N–H and O–H groups in total. The molecular weight excluding hydrogens is 351 g/mol. The second kappa shape index (κ2) is 7.39. The molecule has 23 heavy (non-hydrogen) atoms. The van der Waals surface area contributed by atoms with Crippen LogP contribution in [-0.2, 0) is 9.53 Å². The summed E-state index contributed by atoms with van der Waals surface area (Å²) in [4.78, 5) is 23.4. The van der Waals surface area contributed by atoms with E-state index in [0.29, 0.717) is 6.07 Å². The van der Waals surface area contributed by atoms with Crippen molar-refractivity contribution in [3.63, 3.8) is 0 Å². The number of rotatable bonds is 4. The third kappa shape index (κ3) is 4.40. The number of halogens is 4. The van der Waals surface area contributed by atoms with Crippen molar-refractivity contribution in [1.82, 2.24) is 0 Å². The lowest BCUT2D eigenvalue weighted by Gasteiger charge is -2.09. The predicted molar refractivity (Wildman–Crippen MR) is 81.7 cm³/mol. The fraction of sp³-hybridized carbons (Fsp3) is 0.0667. The summed E-state index contributed by atoms with van der Waals surface area (Å²) in [6.45, 7) is -0.640. The Bertz CT molecular complexity index is 748. The van der Waals surface area contributed by atoms with Crippen LogP contribution in [0.5, 0.6) is 0 Å². The number of hydrogen-bond donors (Lipinski definition) is 1. The molecule has 2 rings (SSSR count). The van der Waals surface area contributed by atoms with Gasteiger partial charge in [0, 0.05) is 0 Å². The van der Waals surface area contributed by atoms with Gasteiger partial charge in [0.1, 0.15) is 0 Å². The summed E-state index contributed by atoms with van der Waals surface area (Å²) in [5.41, 5.74) is -0.0304. The van der Waals surface area contributed by atoms with Crippen LogP contribution in [0.25, 0.3) is 0 Å². The highest BCUT2D eigenvalue weighted by Crippen LogP contribution is 2.29. The summed E-state index contributed by atoms with van der Waals surface area (Å²) in [7, 11) is 0. The maximum atomic E-state index is 13.0. The quantitative estimate of drug-likeness (QED) is 0.837. The molecule has 0 aliphatic heterocycles. The number of carbonyl (C=O) groups excluding carboxylic acids is 2. The summed E-state index contributed by atoms with van der Waals surface area (Å²) in [6, 6.07) is 7.16. The zero-order valence-electron chi connectivity index (χ0n) is 11.4. The van der Waals surface area contributed by atoms with E-state index in [9.17, 15) is 18.4 Å². The van der Waals surface area contributed by atoms with Crippen LogP contribution in [0.15, 0.2) is 36.4 Å². The minimum atomic E-state index is -1.19. The van der Waals surface area contributed by atoms with Crippen LogP contribution >= 0.6 is 23.2 Å². The van der Waals surface area contributed by atoms with Gasteiger partial charge in [0.25, 0.3) is 5.91 Å². The van der Waals surface area contributed by atoms with Gasteiger partial charge in [0.2, 0.25) is 0 Å². The van der Waals surface area contributed by atoms with Crippen molar-refractivity contribution in [2.24, 2.45) is 0 Å². The summed E-state index contributed by atoms with van der Waals surface area (Å²) in [5, 5.41) is 2.83. The summed E-state index contributed by atoms with van der Waals surface area (Å²) >= 11 is 11.8. The van der Waals surface area contributed by atoms with E-state index in [1.807, 2.05) is 0 Å². The fourth-order valence-corrected chi connectivity index (χ4v) is 2.12. The van der Waals surface area contributed by atoms with Gasteiger partial charge in [0.15, 0.2) is 18.2 Å². The Hall–Kier alpha value is -2.18. The molecule has 0 spiro atoms. The first kappa shape index (κ1) is 17.2. The van der Waals surface area contributed by atoms with Gasteiger partial charge in [-0.2, -0.15) is 0 Å². The Kier molecular flexibility index (Phi) is 5.52. The lowest BCUT2D eigenvalue weighted by Crippen LogP contribution is -2.21. The standard InChI is InChI=1S/C15H9Cl2F2NO3/c16-9-2-1-3-10(17)14(9)20-13(21)7-23-15(22)8-4-5-11(18)12(19)6-8/h1-6H,7H2,(H,20,21). The monoisotopic (exact) mass is 359 g/mol. The van der Waals surface area contributed by atoms with Gasteiger partial charge in [0.05, 0.1) is 21.3 Å². The van der Waals surface area contributed by atoms with Gasteiger partial charge in [-0.05, 0) is 30.3 Å². The van der Waals surface area contributed by atoms with E-state index in [4.69, 9.17) is 27.9 Å². The first-order chi connectivity index (χ1) is 10.9. The second-order valence-electron chi connectivity index (χ2n) is 4.35. The molecule has 120 valence electrons. The molecule has 0 aromatic heterocycles. The Morgan fingerprint density at radius 1 is 1.04 bits per heavy atom. The van der Waals surface area contributed by atoms with Gasteiger partial charge >= 0.3 is 5.97 Å². The van der Waals surface area contributed by atoms with E-state index in [2.05, 4.69) is 5.32 Å². The number of nitrogens with one attached hydrogen (secondary N) is 1. The van der Waals surface area contributed by atoms with Crippen LogP contribution < -0.4 is 5.32 Å². The van der Waals surface area contributed by atoms with E-state index in [0.717, 1.165) is 12.1 Å². The normalized spacial score (nSPS) is 10.3. The minimum Gasteiger partial charge on any atom is -0.452 e. The highest BCUT2D eigenvalue weighted by atomic mass is 35.5. The average Bonchev–Trinajstić information content (AvgIpc) is 2.51. The predicted octanol–water partition coefficient (Wildman–Crippen LogP) is 4.07. The van der Waals surface area contributed by atoms with Crippen LogP contribution in [-0.4, -0.2) is 18.5 Å². The highest BCUT2D eigenvalue weighted by Gasteiger charge is 2.14. The third-order valence-electron chi connectivity index (χ3n) is 2.72. The zero-order chi connectivity index (χ0) is 17.0. The molecule has 0 saturated carbocycles. The van der Waals surface area contributed by atoms with Crippen molar-refractivity contribution < 1.29 is 23.1 Å². The Morgan fingerprint density at radius 2 is 1.70 bits per heavy atom. The topological polar surface area (TPSA) is 55.4 Å². The molecule has 0 radical (unpaired) electrons. The molecule has 0 saturated heterocycles. The molecule has 0 bridgehead atoms. The van der Waals surface area contributed by atoms with Crippen molar-refractivity contribution in [2.45, 2.75) is 0 Å². The average molecular weight is 360 g/mol. The summed E-state index contributed by atoms with van der Waals surface area (Å²) < 4.78 is 30.5. The van der Waals surface area contributed by atoms with E-state index in [1.165, 1.54) is 12.1 Å². The number of ether oxygens (including phenoxy) is 1. The summed E-state index contributed by atoms with van der Waals surface area (Å²) in [6.07, 6.45) is 0. The third-order valence-corrected chi connectivity index (χ3v) is 3.35. The number of carbonyl (C=O) groups is 2. The minimum absolute atomic E-state index is 0.185. The van der Waals surface area contributed by atoms with Gasteiger partial charge in [-0.1, -0.05) is 29.3 Å². The van der Waals surface area contributed by atoms with Gasteiger partial charge in [-0.15, -0.1) is 0 Å². The molecule has 1 amide bonds. The molecule has 0 atom stereocenters. The molecule has 0 heterocycles. The van der Waals surface area contributed by atoms with Crippen LogP contribution in [0.4, 0.5) is 14.5 Å². The number of hydrogen-bond acceptors (Lipinski definition) is 3. The maximum absolute atomic E-state index is 13.0. The number of esters is 1. The second-order valence-corrected chi connectivity index (χ2v) is 5.16. The highest BCUT2D eigenvalue weighted by molar-refractivity contribution is 6.39. The molecular formula is C15H9Cl2F2NO3. The van der Waals surface area contributed by atoms with Crippen molar-refractivity contribution in [3.8, 4) is 0 Å². The Morgan fingerprint density at radius 3 is 2.30 bits per heavy atom. The molecule has 2 aromatic rings. The van der Waals surface area contributed by atoms with Crippen molar-refractivity contribution in [3.05, 3.63) is 63.6 Å². The number of para-hydroxylation sites is 1. The first-order valence-corrected chi connectivity index (χ1v) is 7.00. The zero-order valence-corrected chi connectivity index (χ0v) is 12.9. The SMILES string of the molecule is O=C(COC(=O)c1ccc(F)c(F)c1)Nc1c(Cl)cccc1Cl. The van der Waals surface area contributed by atoms with Crippen LogP contribution in [0.2, 0.25) is 10.0 Å².